The first-order chi connectivity index (χ1) is 16.6. The SMILES string of the molecule is Cc1ccc(OC(C)C(=O)N2CCN(c3ccc(-c4ccccc4C)nn3)CC2)c(C(C)(C)C)c1. The van der Waals surface area contributed by atoms with Crippen LogP contribution in [0.15, 0.2) is 54.6 Å². The highest BCUT2D eigenvalue weighted by atomic mass is 16.5. The van der Waals surface area contributed by atoms with Crippen LogP contribution in [0, 0.1) is 13.8 Å². The third kappa shape index (κ3) is 5.64. The van der Waals surface area contributed by atoms with Gasteiger partial charge in [0.2, 0.25) is 0 Å². The van der Waals surface area contributed by atoms with Crippen molar-refractivity contribution in [3.63, 3.8) is 0 Å². The summed E-state index contributed by atoms with van der Waals surface area (Å²) < 4.78 is 6.19. The van der Waals surface area contributed by atoms with Gasteiger partial charge < -0.3 is 14.5 Å². The molecule has 0 bridgehead atoms. The monoisotopic (exact) mass is 472 g/mol. The zero-order valence-electron chi connectivity index (χ0n) is 21.7. The summed E-state index contributed by atoms with van der Waals surface area (Å²) in [6.45, 7) is 15.2. The summed E-state index contributed by atoms with van der Waals surface area (Å²) in [5.41, 5.74) is 5.39. The van der Waals surface area contributed by atoms with Crippen LogP contribution in [0.25, 0.3) is 11.3 Å². The largest absolute Gasteiger partial charge is 0.481 e. The van der Waals surface area contributed by atoms with Crippen LogP contribution >= 0.6 is 0 Å². The van der Waals surface area contributed by atoms with E-state index in [-0.39, 0.29) is 11.3 Å². The first-order valence-electron chi connectivity index (χ1n) is 12.3. The highest BCUT2D eigenvalue weighted by Gasteiger charge is 2.28. The van der Waals surface area contributed by atoms with Crippen molar-refractivity contribution in [2.45, 2.75) is 53.1 Å². The molecule has 1 aromatic heterocycles. The van der Waals surface area contributed by atoms with Gasteiger partial charge in [-0.05, 0) is 55.5 Å². The van der Waals surface area contributed by atoms with Crippen LogP contribution in [-0.2, 0) is 10.2 Å². The number of nitrogens with zero attached hydrogens (tertiary/aromatic N) is 4. The van der Waals surface area contributed by atoms with Gasteiger partial charge in [0.25, 0.3) is 5.91 Å². The number of piperazine rings is 1. The van der Waals surface area contributed by atoms with E-state index in [9.17, 15) is 4.79 Å². The maximum atomic E-state index is 13.2. The molecule has 0 N–H and O–H groups in total. The van der Waals surface area contributed by atoms with Gasteiger partial charge in [-0.3, -0.25) is 4.79 Å². The molecule has 1 fully saturated rings. The Morgan fingerprint density at radius 1 is 0.943 bits per heavy atom. The first-order valence-corrected chi connectivity index (χ1v) is 12.3. The van der Waals surface area contributed by atoms with E-state index in [0.717, 1.165) is 28.4 Å². The van der Waals surface area contributed by atoms with Crippen LogP contribution < -0.4 is 9.64 Å². The van der Waals surface area contributed by atoms with Gasteiger partial charge in [0.15, 0.2) is 11.9 Å². The molecule has 1 aliphatic rings. The zero-order chi connectivity index (χ0) is 25.2. The van der Waals surface area contributed by atoms with Crippen molar-refractivity contribution in [2.24, 2.45) is 0 Å². The van der Waals surface area contributed by atoms with E-state index < -0.39 is 6.10 Å². The molecule has 1 unspecified atom stereocenters. The number of anilines is 1. The quantitative estimate of drug-likeness (QED) is 0.512. The van der Waals surface area contributed by atoms with Gasteiger partial charge in [-0.2, -0.15) is 0 Å². The number of carbonyl (C=O) groups excluding carboxylic acids is 1. The number of amides is 1. The summed E-state index contributed by atoms with van der Waals surface area (Å²) >= 11 is 0. The summed E-state index contributed by atoms with van der Waals surface area (Å²) in [6.07, 6.45) is -0.543. The molecule has 1 atom stereocenters. The average Bonchev–Trinajstić information content (AvgIpc) is 2.84. The molecule has 2 heterocycles. The van der Waals surface area contributed by atoms with Gasteiger partial charge in [0.1, 0.15) is 5.75 Å². The molecular weight excluding hydrogens is 436 g/mol. The second-order valence-electron chi connectivity index (χ2n) is 10.4. The molecule has 0 saturated carbocycles. The standard InChI is InChI=1S/C29H36N4O2/c1-20-11-13-26(24(19-20)29(4,5)6)35-22(3)28(34)33-17-15-32(16-18-33)27-14-12-25(30-31-27)23-10-8-7-9-21(23)2/h7-14,19,22H,15-18H2,1-6H3. The van der Waals surface area contributed by atoms with Crippen LogP contribution in [0.3, 0.4) is 0 Å². The molecule has 1 saturated heterocycles. The summed E-state index contributed by atoms with van der Waals surface area (Å²) in [5.74, 6) is 1.64. The lowest BCUT2D eigenvalue weighted by molar-refractivity contribution is -0.138. The van der Waals surface area contributed by atoms with E-state index in [4.69, 9.17) is 4.74 Å². The number of aromatic nitrogens is 2. The number of hydrogen-bond acceptors (Lipinski definition) is 5. The van der Waals surface area contributed by atoms with Crippen LogP contribution in [0.2, 0.25) is 0 Å². The summed E-state index contributed by atoms with van der Waals surface area (Å²) in [6, 6.07) is 18.4. The van der Waals surface area contributed by atoms with Crippen LogP contribution in [0.5, 0.6) is 5.75 Å². The minimum atomic E-state index is -0.543. The number of carbonyl (C=O) groups is 1. The lowest BCUT2D eigenvalue weighted by Gasteiger charge is -2.36. The van der Waals surface area contributed by atoms with Crippen molar-refractivity contribution in [3.05, 3.63) is 71.3 Å². The van der Waals surface area contributed by atoms with E-state index >= 15 is 0 Å². The molecule has 1 aliphatic heterocycles. The smallest absolute Gasteiger partial charge is 0.263 e. The fraction of sp³-hybridized carbons (Fsp3) is 0.414. The fourth-order valence-corrected chi connectivity index (χ4v) is 4.48. The van der Waals surface area contributed by atoms with Gasteiger partial charge in [0.05, 0.1) is 5.69 Å². The predicted molar refractivity (Wildman–Crippen MR) is 141 cm³/mol. The first kappa shape index (κ1) is 24.7. The molecule has 0 aliphatic carbocycles. The Balaban J connectivity index is 1.37. The Bertz CT molecular complexity index is 1180. The van der Waals surface area contributed by atoms with E-state index in [0.29, 0.717) is 26.2 Å². The van der Waals surface area contributed by atoms with Gasteiger partial charge in [-0.1, -0.05) is 62.7 Å². The molecule has 184 valence electrons. The number of hydrogen-bond donors (Lipinski definition) is 0. The van der Waals surface area contributed by atoms with Crippen LogP contribution in [0.4, 0.5) is 5.82 Å². The second kappa shape index (κ2) is 10.1. The maximum Gasteiger partial charge on any atom is 0.263 e. The highest BCUT2D eigenvalue weighted by molar-refractivity contribution is 5.81. The fourth-order valence-electron chi connectivity index (χ4n) is 4.48. The van der Waals surface area contributed by atoms with Crippen molar-refractivity contribution >= 4 is 11.7 Å². The second-order valence-corrected chi connectivity index (χ2v) is 10.4. The molecule has 6 heteroatoms. The topological polar surface area (TPSA) is 58.6 Å². The molecular formula is C29H36N4O2. The number of rotatable bonds is 5. The number of benzene rings is 2. The molecule has 4 rings (SSSR count). The normalized spacial score (nSPS) is 15.1. The van der Waals surface area contributed by atoms with Gasteiger partial charge >= 0.3 is 0 Å². The lowest BCUT2D eigenvalue weighted by atomic mass is 9.85. The van der Waals surface area contributed by atoms with E-state index in [2.05, 4.69) is 67.9 Å². The molecule has 35 heavy (non-hydrogen) atoms. The predicted octanol–water partition coefficient (Wildman–Crippen LogP) is 5.17. The van der Waals surface area contributed by atoms with Crippen LogP contribution in [-0.4, -0.2) is 53.3 Å². The van der Waals surface area contributed by atoms with Crippen molar-refractivity contribution < 1.29 is 9.53 Å². The Morgan fingerprint density at radius 3 is 2.29 bits per heavy atom. The Labute approximate surface area is 208 Å². The zero-order valence-corrected chi connectivity index (χ0v) is 21.7. The summed E-state index contributed by atoms with van der Waals surface area (Å²) in [7, 11) is 0. The van der Waals surface area contributed by atoms with Gasteiger partial charge in [-0.25, -0.2) is 0 Å². The molecule has 0 spiro atoms. The molecule has 1 amide bonds. The molecule has 0 radical (unpaired) electrons. The lowest BCUT2D eigenvalue weighted by Crippen LogP contribution is -2.52. The van der Waals surface area contributed by atoms with E-state index in [1.807, 2.05) is 48.2 Å². The van der Waals surface area contributed by atoms with Crippen molar-refractivity contribution in [3.8, 4) is 17.0 Å². The van der Waals surface area contributed by atoms with E-state index in [1.54, 1.807) is 0 Å². The molecule has 3 aromatic rings. The van der Waals surface area contributed by atoms with Crippen molar-refractivity contribution in [1.29, 1.82) is 0 Å². The van der Waals surface area contributed by atoms with Gasteiger partial charge in [-0.15, -0.1) is 10.2 Å². The number of ether oxygens (including phenoxy) is 1. The Morgan fingerprint density at radius 2 is 1.66 bits per heavy atom. The Hall–Kier alpha value is -3.41. The Kier molecular flexibility index (Phi) is 7.10. The maximum absolute atomic E-state index is 13.2. The highest BCUT2D eigenvalue weighted by Crippen LogP contribution is 2.33. The van der Waals surface area contributed by atoms with E-state index in [1.165, 1.54) is 11.1 Å². The minimum absolute atomic E-state index is 0.0195. The summed E-state index contributed by atoms with van der Waals surface area (Å²) in [5, 5.41) is 8.92. The van der Waals surface area contributed by atoms with Crippen molar-refractivity contribution in [2.75, 3.05) is 31.1 Å². The summed E-state index contributed by atoms with van der Waals surface area (Å²) in [4.78, 5) is 17.2. The minimum Gasteiger partial charge on any atom is -0.481 e. The van der Waals surface area contributed by atoms with Crippen LogP contribution in [0.1, 0.15) is 44.4 Å². The third-order valence-electron chi connectivity index (χ3n) is 6.58. The average molecular weight is 473 g/mol. The van der Waals surface area contributed by atoms with Gasteiger partial charge in [0, 0.05) is 31.7 Å². The molecule has 2 aromatic carbocycles. The number of aryl methyl sites for hydroxylation is 2. The van der Waals surface area contributed by atoms with Crippen molar-refractivity contribution in [1.82, 2.24) is 15.1 Å². The third-order valence-corrected chi connectivity index (χ3v) is 6.58. The molecule has 6 nitrogen and oxygen atoms in total.